The number of nitrogens with one attached hydrogen (secondary N) is 1. The van der Waals surface area contributed by atoms with Crippen LogP contribution in [-0.2, 0) is 10.3 Å². The fourth-order valence-electron chi connectivity index (χ4n) is 5.96. The van der Waals surface area contributed by atoms with E-state index in [1.807, 2.05) is 0 Å². The summed E-state index contributed by atoms with van der Waals surface area (Å²) in [4.78, 5) is 31.9. The van der Waals surface area contributed by atoms with Gasteiger partial charge in [-0.3, -0.25) is 9.69 Å². The summed E-state index contributed by atoms with van der Waals surface area (Å²) < 4.78 is 0. The van der Waals surface area contributed by atoms with Crippen LogP contribution in [0.5, 0.6) is 0 Å². The highest BCUT2D eigenvalue weighted by molar-refractivity contribution is 5.85. The minimum atomic E-state index is -0.145. The van der Waals surface area contributed by atoms with Crippen molar-refractivity contribution >= 4 is 11.9 Å². The maximum atomic E-state index is 13.4. The van der Waals surface area contributed by atoms with Crippen LogP contribution < -0.4 is 5.32 Å². The first kappa shape index (κ1) is 22.1. The van der Waals surface area contributed by atoms with E-state index in [9.17, 15) is 9.59 Å². The Hall–Kier alpha value is -2.08. The van der Waals surface area contributed by atoms with Crippen molar-refractivity contribution in [2.75, 3.05) is 40.3 Å². The van der Waals surface area contributed by atoms with E-state index >= 15 is 0 Å². The van der Waals surface area contributed by atoms with Gasteiger partial charge >= 0.3 is 6.03 Å². The molecule has 1 spiro atoms. The van der Waals surface area contributed by atoms with Crippen LogP contribution in [0.1, 0.15) is 57.4 Å². The lowest BCUT2D eigenvalue weighted by molar-refractivity contribution is -0.121. The number of hydrogen-bond acceptors (Lipinski definition) is 3. The van der Waals surface area contributed by atoms with E-state index in [1.165, 1.54) is 24.8 Å². The molecule has 0 bridgehead atoms. The minimum Gasteiger partial charge on any atom is -0.358 e. The Morgan fingerprint density at radius 1 is 1.16 bits per heavy atom. The van der Waals surface area contributed by atoms with Crippen LogP contribution in [0.3, 0.4) is 0 Å². The summed E-state index contributed by atoms with van der Waals surface area (Å²) in [6, 6.07) is 10.9. The Morgan fingerprint density at radius 3 is 2.39 bits per heavy atom. The summed E-state index contributed by atoms with van der Waals surface area (Å²) in [6.45, 7) is 4.91. The summed E-state index contributed by atoms with van der Waals surface area (Å²) >= 11 is 0. The average molecular weight is 427 g/mol. The first-order valence-corrected chi connectivity index (χ1v) is 12.0. The molecule has 3 amide bonds. The van der Waals surface area contributed by atoms with Crippen LogP contribution in [-0.4, -0.2) is 72.5 Å². The summed E-state index contributed by atoms with van der Waals surface area (Å²) in [5.74, 6) is 0.536. The molecule has 3 fully saturated rings. The van der Waals surface area contributed by atoms with Gasteiger partial charge in [0, 0.05) is 25.7 Å². The van der Waals surface area contributed by atoms with Crippen molar-refractivity contribution in [2.45, 2.75) is 62.9 Å². The lowest BCUT2D eigenvalue weighted by atomic mass is 9.68. The number of nitrogens with zero attached hydrogens (tertiary/aromatic N) is 3. The Bertz CT molecular complexity index is 784. The van der Waals surface area contributed by atoms with E-state index in [4.69, 9.17) is 0 Å². The normalized spacial score (nSPS) is 29.0. The van der Waals surface area contributed by atoms with E-state index in [0.29, 0.717) is 12.5 Å². The Morgan fingerprint density at radius 2 is 1.84 bits per heavy atom. The molecule has 0 aromatic heterocycles. The molecule has 0 radical (unpaired) electrons. The zero-order chi connectivity index (χ0) is 22.1. The quantitative estimate of drug-likeness (QED) is 0.727. The van der Waals surface area contributed by atoms with Gasteiger partial charge in [0.15, 0.2) is 0 Å². The molecule has 6 heteroatoms. The molecule has 1 aliphatic heterocycles. The van der Waals surface area contributed by atoms with E-state index in [1.54, 1.807) is 11.9 Å². The van der Waals surface area contributed by atoms with E-state index in [2.05, 4.69) is 59.4 Å². The summed E-state index contributed by atoms with van der Waals surface area (Å²) in [6.07, 6.45) is 7.75. The van der Waals surface area contributed by atoms with Crippen LogP contribution in [0.4, 0.5) is 4.79 Å². The van der Waals surface area contributed by atoms with Gasteiger partial charge in [-0.2, -0.15) is 0 Å². The topological polar surface area (TPSA) is 55.9 Å². The highest BCUT2D eigenvalue weighted by Crippen LogP contribution is 2.49. The largest absolute Gasteiger partial charge is 0.358 e. The van der Waals surface area contributed by atoms with Crippen molar-refractivity contribution in [2.24, 2.45) is 5.92 Å². The van der Waals surface area contributed by atoms with Crippen LogP contribution in [0.25, 0.3) is 0 Å². The van der Waals surface area contributed by atoms with Crippen LogP contribution in [0.2, 0.25) is 0 Å². The summed E-state index contributed by atoms with van der Waals surface area (Å²) in [7, 11) is 3.87. The number of rotatable bonds is 7. The number of carbonyl (C=O) groups excluding carboxylic acids is 2. The first-order valence-electron chi connectivity index (χ1n) is 12.0. The molecule has 3 aliphatic rings. The third kappa shape index (κ3) is 3.95. The van der Waals surface area contributed by atoms with Crippen molar-refractivity contribution in [1.82, 2.24) is 20.0 Å². The summed E-state index contributed by atoms with van der Waals surface area (Å²) in [5, 5.41) is 2.68. The van der Waals surface area contributed by atoms with Gasteiger partial charge in [0.05, 0.1) is 5.54 Å². The molecule has 1 saturated heterocycles. The monoisotopic (exact) mass is 426 g/mol. The van der Waals surface area contributed by atoms with Crippen molar-refractivity contribution in [3.05, 3.63) is 35.9 Å². The molecular weight excluding hydrogens is 388 g/mol. The molecule has 0 unspecified atom stereocenters. The van der Waals surface area contributed by atoms with Crippen molar-refractivity contribution in [1.29, 1.82) is 0 Å². The Kier molecular flexibility index (Phi) is 6.29. The Labute approximate surface area is 187 Å². The molecule has 1 heterocycles. The van der Waals surface area contributed by atoms with Gasteiger partial charge < -0.3 is 15.1 Å². The number of carbonyl (C=O) groups is 2. The third-order valence-corrected chi connectivity index (χ3v) is 8.36. The van der Waals surface area contributed by atoms with E-state index in [-0.39, 0.29) is 29.6 Å². The first-order chi connectivity index (χ1) is 14.9. The maximum absolute atomic E-state index is 13.4. The third-order valence-electron chi connectivity index (χ3n) is 8.36. The molecule has 1 aromatic carbocycles. The lowest BCUT2D eigenvalue weighted by Gasteiger charge is -2.52. The number of amides is 3. The molecule has 0 atom stereocenters. The van der Waals surface area contributed by atoms with E-state index in [0.717, 1.165) is 38.8 Å². The predicted molar refractivity (Wildman–Crippen MR) is 123 cm³/mol. The second-order valence-corrected chi connectivity index (χ2v) is 9.86. The van der Waals surface area contributed by atoms with Crippen molar-refractivity contribution in [3.63, 3.8) is 0 Å². The fourth-order valence-corrected chi connectivity index (χ4v) is 5.96. The molecular formula is C25H38N4O2. The highest BCUT2D eigenvalue weighted by Gasteiger charge is 2.55. The predicted octanol–water partition coefficient (Wildman–Crippen LogP) is 3.43. The van der Waals surface area contributed by atoms with Gasteiger partial charge in [0.25, 0.3) is 0 Å². The minimum absolute atomic E-state index is 0.0145. The van der Waals surface area contributed by atoms with Gasteiger partial charge in [-0.15, -0.1) is 0 Å². The van der Waals surface area contributed by atoms with E-state index < -0.39 is 0 Å². The van der Waals surface area contributed by atoms with Crippen molar-refractivity contribution in [3.8, 4) is 0 Å². The van der Waals surface area contributed by atoms with Crippen LogP contribution in [0.15, 0.2) is 30.3 Å². The molecule has 170 valence electrons. The summed E-state index contributed by atoms with van der Waals surface area (Å²) in [5.41, 5.74) is 1.25. The zero-order valence-corrected chi connectivity index (χ0v) is 19.4. The highest BCUT2D eigenvalue weighted by atomic mass is 16.2. The van der Waals surface area contributed by atoms with Gasteiger partial charge in [-0.05, 0) is 63.6 Å². The standard InChI is InChI=1S/C25H38N4O2/c1-4-27(3)25(21-11-6-5-7-12-21)15-13-24(14-16-25)19-28(18-22(30)26-2)23(31)29(24)17-20-9-8-10-20/h5-7,11-12,20H,4,8-10,13-19H2,1-3H3,(H,26,30). The SMILES string of the molecule is CCN(C)C1(c2ccccc2)CCC2(CC1)CN(CC(=O)NC)C(=O)N2CC1CCC1. The zero-order valence-electron chi connectivity index (χ0n) is 19.4. The number of hydrogen-bond donors (Lipinski definition) is 1. The maximum Gasteiger partial charge on any atom is 0.321 e. The van der Waals surface area contributed by atoms with Crippen molar-refractivity contribution < 1.29 is 9.59 Å². The molecule has 31 heavy (non-hydrogen) atoms. The number of urea groups is 1. The smallest absolute Gasteiger partial charge is 0.321 e. The van der Waals surface area contributed by atoms with Gasteiger partial charge in [-0.1, -0.05) is 43.7 Å². The van der Waals surface area contributed by atoms with Gasteiger partial charge in [0.1, 0.15) is 6.54 Å². The van der Waals surface area contributed by atoms with Crippen LogP contribution in [0, 0.1) is 5.92 Å². The molecule has 1 N–H and O–H groups in total. The van der Waals surface area contributed by atoms with Gasteiger partial charge in [0.2, 0.25) is 5.91 Å². The average Bonchev–Trinajstić information content (AvgIpc) is 3.01. The van der Waals surface area contributed by atoms with Gasteiger partial charge in [-0.25, -0.2) is 4.79 Å². The lowest BCUT2D eigenvalue weighted by Crippen LogP contribution is -2.57. The van der Waals surface area contributed by atoms with Crippen LogP contribution >= 0.6 is 0 Å². The number of likely N-dealkylation sites (N-methyl/N-ethyl adjacent to an activating group) is 1. The second kappa shape index (κ2) is 8.81. The number of benzene rings is 1. The molecule has 6 nitrogen and oxygen atoms in total. The molecule has 2 saturated carbocycles. The molecule has 4 rings (SSSR count). The fraction of sp³-hybridized carbons (Fsp3) is 0.680. The molecule has 1 aromatic rings. The Balaban J connectivity index is 1.59. The molecule has 2 aliphatic carbocycles. The second-order valence-electron chi connectivity index (χ2n) is 9.86.